The van der Waals surface area contributed by atoms with Crippen molar-refractivity contribution in [3.05, 3.63) is 122 Å². The second-order valence-corrected chi connectivity index (χ2v) is 11.6. The van der Waals surface area contributed by atoms with Gasteiger partial charge < -0.3 is 16.0 Å². The molecule has 0 bridgehead atoms. The van der Waals surface area contributed by atoms with Crippen LogP contribution < -0.4 is 11.1 Å². The lowest BCUT2D eigenvalue weighted by Gasteiger charge is -2.31. The van der Waals surface area contributed by atoms with Crippen molar-refractivity contribution < 1.29 is 14.4 Å². The van der Waals surface area contributed by atoms with Gasteiger partial charge in [0.2, 0.25) is 5.91 Å². The molecule has 0 saturated carbocycles. The largest absolute Gasteiger partial charge is 0.368 e. The smallest absolute Gasteiger partial charge is 0.323 e. The third-order valence-electron chi connectivity index (χ3n) is 7.59. The first-order chi connectivity index (χ1) is 19.2. The van der Waals surface area contributed by atoms with Crippen molar-refractivity contribution in [2.24, 2.45) is 11.7 Å². The number of anilines is 1. The van der Waals surface area contributed by atoms with Crippen LogP contribution in [-0.4, -0.2) is 28.7 Å². The molecule has 3 amide bonds. The number of likely N-dealkylation sites (tertiary alicyclic amines) is 1. The molecule has 4 aromatic rings. The first-order valence-corrected chi connectivity index (χ1v) is 14.3. The molecule has 4 unspecified atom stereocenters. The van der Waals surface area contributed by atoms with Crippen LogP contribution in [0.3, 0.4) is 0 Å². The normalized spacial score (nSPS) is 20.4. The molecular weight excluding hydrogens is 542 g/mol. The summed E-state index contributed by atoms with van der Waals surface area (Å²) in [5, 5.41) is 5.42. The molecular formula is C32H30ClN3O3S. The summed E-state index contributed by atoms with van der Waals surface area (Å²) >= 11 is 7.70. The summed E-state index contributed by atoms with van der Waals surface area (Å²) in [5.74, 6) is -2.24. The van der Waals surface area contributed by atoms with Crippen LogP contribution >= 0.6 is 22.9 Å². The summed E-state index contributed by atoms with van der Waals surface area (Å²) in [6.45, 7) is 5.77. The molecule has 1 saturated heterocycles. The van der Waals surface area contributed by atoms with Crippen LogP contribution in [0.4, 0.5) is 10.5 Å². The van der Waals surface area contributed by atoms with Crippen LogP contribution in [-0.2, 0) is 4.79 Å². The van der Waals surface area contributed by atoms with Crippen molar-refractivity contribution >= 4 is 46.3 Å². The fraction of sp³-hybridized carbons (Fsp3) is 0.219. The van der Waals surface area contributed by atoms with E-state index in [1.807, 2.05) is 68.6 Å². The zero-order valence-corrected chi connectivity index (χ0v) is 24.0. The van der Waals surface area contributed by atoms with Gasteiger partial charge in [0, 0.05) is 27.1 Å². The predicted molar refractivity (Wildman–Crippen MR) is 160 cm³/mol. The average Bonchev–Trinajstić information content (AvgIpc) is 3.50. The van der Waals surface area contributed by atoms with E-state index in [4.69, 9.17) is 17.3 Å². The number of urea groups is 1. The molecule has 1 aliphatic heterocycles. The van der Waals surface area contributed by atoms with Gasteiger partial charge in [0.15, 0.2) is 5.78 Å². The van der Waals surface area contributed by atoms with Crippen LogP contribution in [0.1, 0.15) is 49.4 Å². The average molecular weight is 572 g/mol. The number of primary amides is 1. The van der Waals surface area contributed by atoms with Crippen LogP contribution in [0, 0.1) is 26.7 Å². The fourth-order valence-electron chi connectivity index (χ4n) is 5.79. The molecule has 3 N–H and O–H groups in total. The Morgan fingerprint density at radius 2 is 1.62 bits per heavy atom. The van der Waals surface area contributed by atoms with E-state index >= 15 is 0 Å². The number of nitrogens with one attached hydrogen (secondary N) is 1. The Labute approximate surface area is 242 Å². The Morgan fingerprint density at radius 3 is 2.25 bits per heavy atom. The molecule has 6 nitrogen and oxygen atoms in total. The van der Waals surface area contributed by atoms with E-state index in [0.717, 1.165) is 21.6 Å². The minimum Gasteiger partial charge on any atom is -0.368 e. The van der Waals surface area contributed by atoms with Crippen LogP contribution in [0.2, 0.25) is 5.02 Å². The Kier molecular flexibility index (Phi) is 7.79. The van der Waals surface area contributed by atoms with Gasteiger partial charge in [0.25, 0.3) is 0 Å². The van der Waals surface area contributed by atoms with E-state index < -0.39 is 35.9 Å². The molecule has 3 aromatic carbocycles. The second kappa shape index (κ2) is 11.3. The van der Waals surface area contributed by atoms with Gasteiger partial charge in [-0.25, -0.2) is 4.79 Å². The topological polar surface area (TPSA) is 92.5 Å². The van der Waals surface area contributed by atoms with E-state index in [1.165, 1.54) is 16.2 Å². The number of Topliss-reactive ketones (excluding diaryl/α,β-unsaturated/α-hetero) is 1. The lowest BCUT2D eigenvalue weighted by Crippen LogP contribution is -2.48. The van der Waals surface area contributed by atoms with Crippen molar-refractivity contribution in [3.8, 4) is 0 Å². The number of hydrogen-bond acceptors (Lipinski definition) is 4. The monoisotopic (exact) mass is 571 g/mol. The standard InChI is InChI=1S/C32H30ClN3O3S/c1-18-7-6-9-23(17-18)35-32(39)36-27(21-11-13-22(33)14-12-21)25(29(37)24-10-5-4-8-19(24)2)26(28(36)31(34)38)30-20(3)15-16-40-30/h4-17,25-28H,1-3H3,(H2,34,38)(H,35,39). The predicted octanol–water partition coefficient (Wildman–Crippen LogP) is 7.05. The van der Waals surface area contributed by atoms with Crippen LogP contribution in [0.5, 0.6) is 0 Å². The second-order valence-electron chi connectivity index (χ2n) is 10.2. The summed E-state index contributed by atoms with van der Waals surface area (Å²) in [4.78, 5) is 44.3. The number of hydrogen-bond donors (Lipinski definition) is 2. The van der Waals surface area contributed by atoms with Crippen molar-refractivity contribution in [2.45, 2.75) is 38.8 Å². The van der Waals surface area contributed by atoms with Crippen LogP contribution in [0.25, 0.3) is 0 Å². The Bertz CT molecular complexity index is 1580. The number of carbonyl (C=O) groups is 3. The number of benzene rings is 3. The van der Waals surface area contributed by atoms with Crippen molar-refractivity contribution in [3.63, 3.8) is 0 Å². The van der Waals surface area contributed by atoms with E-state index in [0.29, 0.717) is 21.8 Å². The number of thiophene rings is 1. The molecule has 1 aromatic heterocycles. The Hall–Kier alpha value is -3.94. The molecule has 40 heavy (non-hydrogen) atoms. The van der Waals surface area contributed by atoms with Gasteiger partial charge >= 0.3 is 6.03 Å². The van der Waals surface area contributed by atoms with Crippen molar-refractivity contribution in [1.29, 1.82) is 0 Å². The molecule has 8 heteroatoms. The summed E-state index contributed by atoms with van der Waals surface area (Å²) in [6.07, 6.45) is 0. The van der Waals surface area contributed by atoms with E-state index in [-0.39, 0.29) is 5.78 Å². The van der Waals surface area contributed by atoms with E-state index in [2.05, 4.69) is 5.32 Å². The molecule has 1 aliphatic rings. The maximum atomic E-state index is 14.5. The third-order valence-corrected chi connectivity index (χ3v) is 8.96. The molecule has 1 fully saturated rings. The highest BCUT2D eigenvalue weighted by atomic mass is 35.5. The number of rotatable bonds is 6. The molecule has 4 atom stereocenters. The summed E-state index contributed by atoms with van der Waals surface area (Å²) in [5.41, 5.74) is 10.7. The third kappa shape index (κ3) is 5.15. The SMILES string of the molecule is Cc1cccc(NC(=O)N2C(C(N)=O)C(c3sccc3C)C(C(=O)c3ccccc3C)C2c2ccc(Cl)cc2)c1. The Balaban J connectivity index is 1.73. The molecule has 204 valence electrons. The molecule has 0 spiro atoms. The van der Waals surface area contributed by atoms with Gasteiger partial charge in [-0.1, -0.05) is 60.1 Å². The highest BCUT2D eigenvalue weighted by Gasteiger charge is 2.57. The number of carbonyl (C=O) groups excluding carboxylic acids is 3. The fourth-order valence-corrected chi connectivity index (χ4v) is 7.02. The maximum Gasteiger partial charge on any atom is 0.323 e. The molecule has 0 radical (unpaired) electrons. The first kappa shape index (κ1) is 27.6. The van der Waals surface area contributed by atoms with E-state index in [1.54, 1.807) is 36.4 Å². The minimum atomic E-state index is -1.07. The summed E-state index contributed by atoms with van der Waals surface area (Å²) < 4.78 is 0. The van der Waals surface area contributed by atoms with Crippen molar-refractivity contribution in [2.75, 3.05) is 5.32 Å². The summed E-state index contributed by atoms with van der Waals surface area (Å²) in [7, 11) is 0. The maximum absolute atomic E-state index is 14.5. The lowest BCUT2D eigenvalue weighted by molar-refractivity contribution is -0.122. The molecule has 5 rings (SSSR count). The number of nitrogens with two attached hydrogens (primary N) is 1. The van der Waals surface area contributed by atoms with Gasteiger partial charge in [0.1, 0.15) is 6.04 Å². The number of amides is 3. The van der Waals surface area contributed by atoms with Gasteiger partial charge in [0.05, 0.1) is 12.0 Å². The molecule has 0 aliphatic carbocycles. The quantitative estimate of drug-likeness (QED) is 0.243. The highest BCUT2D eigenvalue weighted by Crippen LogP contribution is 2.53. The number of ketones is 1. The lowest BCUT2D eigenvalue weighted by atomic mass is 9.77. The zero-order chi connectivity index (χ0) is 28.6. The number of nitrogens with zero attached hydrogens (tertiary/aromatic N) is 1. The minimum absolute atomic E-state index is 0.145. The summed E-state index contributed by atoms with van der Waals surface area (Å²) in [6, 6.07) is 21.5. The van der Waals surface area contributed by atoms with E-state index in [9.17, 15) is 14.4 Å². The zero-order valence-electron chi connectivity index (χ0n) is 22.4. The van der Waals surface area contributed by atoms with Gasteiger partial charge in [-0.2, -0.15) is 0 Å². The number of halogens is 1. The van der Waals surface area contributed by atoms with Gasteiger partial charge in [-0.3, -0.25) is 9.59 Å². The van der Waals surface area contributed by atoms with Crippen molar-refractivity contribution in [1.82, 2.24) is 4.90 Å². The first-order valence-electron chi connectivity index (χ1n) is 13.0. The van der Waals surface area contributed by atoms with Gasteiger partial charge in [-0.05, 0) is 78.7 Å². The van der Waals surface area contributed by atoms with Crippen LogP contribution in [0.15, 0.2) is 84.2 Å². The van der Waals surface area contributed by atoms with Gasteiger partial charge in [-0.15, -0.1) is 11.3 Å². The highest BCUT2D eigenvalue weighted by molar-refractivity contribution is 7.10. The number of aryl methyl sites for hydroxylation is 3. The Morgan fingerprint density at radius 1 is 0.900 bits per heavy atom. The molecule has 2 heterocycles.